The lowest BCUT2D eigenvalue weighted by Gasteiger charge is -2.06. The van der Waals surface area contributed by atoms with Crippen LogP contribution in [-0.4, -0.2) is 5.16 Å². The Hall–Kier alpha value is -1.60. The van der Waals surface area contributed by atoms with E-state index in [1.54, 1.807) is 30.3 Å². The molecule has 0 saturated carbocycles. The molecule has 0 radical (unpaired) electrons. The summed E-state index contributed by atoms with van der Waals surface area (Å²) in [6.07, 6.45) is 0. The van der Waals surface area contributed by atoms with E-state index < -0.39 is 0 Å². The molecule has 3 nitrogen and oxygen atoms in total. The van der Waals surface area contributed by atoms with E-state index in [0.717, 1.165) is 9.13 Å². The smallest absolute Gasteiger partial charge is 0.230 e. The first-order chi connectivity index (χ1) is 10.1. The van der Waals surface area contributed by atoms with Crippen LogP contribution in [0.2, 0.25) is 5.02 Å². The number of hydrogen-bond acceptors (Lipinski definition) is 3. The third-order valence-electron chi connectivity index (χ3n) is 3.05. The van der Waals surface area contributed by atoms with Gasteiger partial charge in [0.25, 0.3) is 0 Å². The molecule has 0 atom stereocenters. The first kappa shape index (κ1) is 14.3. The standard InChI is InChI=1S/C15H9ClFIN2O/c16-8-5-6-12(18)10(7-8)14-13(15(19)21-20-14)9-3-1-2-4-11(9)17/h1-7H,19H2. The van der Waals surface area contributed by atoms with Gasteiger partial charge in [-0.25, -0.2) is 4.39 Å². The molecule has 0 saturated heterocycles. The number of rotatable bonds is 2. The lowest BCUT2D eigenvalue weighted by molar-refractivity contribution is 0.439. The van der Waals surface area contributed by atoms with Crippen LogP contribution in [-0.2, 0) is 0 Å². The summed E-state index contributed by atoms with van der Waals surface area (Å²) in [5, 5.41) is 4.54. The topological polar surface area (TPSA) is 52.0 Å². The summed E-state index contributed by atoms with van der Waals surface area (Å²) >= 11 is 8.20. The summed E-state index contributed by atoms with van der Waals surface area (Å²) in [4.78, 5) is 0. The molecule has 0 aliphatic carbocycles. The number of halogens is 3. The van der Waals surface area contributed by atoms with Crippen molar-refractivity contribution in [2.24, 2.45) is 0 Å². The molecule has 0 bridgehead atoms. The summed E-state index contributed by atoms with van der Waals surface area (Å²) < 4.78 is 20.0. The maximum Gasteiger partial charge on any atom is 0.230 e. The second-order valence-corrected chi connectivity index (χ2v) is 5.97. The van der Waals surface area contributed by atoms with Gasteiger partial charge in [0, 0.05) is 19.7 Å². The SMILES string of the molecule is Nc1onc(-c2cc(Cl)ccc2I)c1-c1ccccc1F. The van der Waals surface area contributed by atoms with Gasteiger partial charge in [-0.2, -0.15) is 0 Å². The van der Waals surface area contributed by atoms with E-state index in [4.69, 9.17) is 21.9 Å². The molecule has 0 fully saturated rings. The summed E-state index contributed by atoms with van der Waals surface area (Å²) in [5.74, 6) is -0.309. The van der Waals surface area contributed by atoms with Gasteiger partial charge in [-0.3, -0.25) is 0 Å². The molecule has 0 unspecified atom stereocenters. The van der Waals surface area contributed by atoms with E-state index in [0.29, 0.717) is 21.8 Å². The Morgan fingerprint density at radius 3 is 2.67 bits per heavy atom. The van der Waals surface area contributed by atoms with Crippen LogP contribution in [0, 0.1) is 9.39 Å². The van der Waals surface area contributed by atoms with Gasteiger partial charge in [-0.1, -0.05) is 35.0 Å². The average Bonchev–Trinajstić information content (AvgIpc) is 2.84. The van der Waals surface area contributed by atoms with Crippen LogP contribution < -0.4 is 5.73 Å². The van der Waals surface area contributed by atoms with Gasteiger partial charge in [0.05, 0.1) is 5.56 Å². The molecule has 2 aromatic carbocycles. The van der Waals surface area contributed by atoms with Crippen LogP contribution in [0.25, 0.3) is 22.4 Å². The zero-order valence-electron chi connectivity index (χ0n) is 10.6. The number of hydrogen-bond donors (Lipinski definition) is 1. The first-order valence-corrected chi connectivity index (χ1v) is 7.49. The number of benzene rings is 2. The second-order valence-electron chi connectivity index (χ2n) is 4.37. The van der Waals surface area contributed by atoms with E-state index in [1.165, 1.54) is 6.07 Å². The van der Waals surface area contributed by atoms with Crippen LogP contribution in [0.5, 0.6) is 0 Å². The van der Waals surface area contributed by atoms with Crippen LogP contribution in [0.4, 0.5) is 10.3 Å². The molecule has 1 heterocycles. The van der Waals surface area contributed by atoms with Crippen LogP contribution in [0.3, 0.4) is 0 Å². The fraction of sp³-hybridized carbons (Fsp3) is 0. The number of nitrogens with two attached hydrogens (primary N) is 1. The lowest BCUT2D eigenvalue weighted by atomic mass is 10.0. The van der Waals surface area contributed by atoms with E-state index in [2.05, 4.69) is 27.7 Å². The molecule has 2 N–H and O–H groups in total. The first-order valence-electron chi connectivity index (χ1n) is 6.03. The van der Waals surface area contributed by atoms with Crippen molar-refractivity contribution < 1.29 is 8.91 Å². The van der Waals surface area contributed by atoms with Gasteiger partial charge in [-0.15, -0.1) is 0 Å². The van der Waals surface area contributed by atoms with Crippen LogP contribution >= 0.6 is 34.2 Å². The molecule has 0 amide bonds. The predicted molar refractivity (Wildman–Crippen MR) is 89.5 cm³/mol. The summed E-state index contributed by atoms with van der Waals surface area (Å²) in [7, 11) is 0. The fourth-order valence-corrected chi connectivity index (χ4v) is 2.85. The molecule has 0 aliphatic heterocycles. The monoisotopic (exact) mass is 414 g/mol. The van der Waals surface area contributed by atoms with Gasteiger partial charge >= 0.3 is 0 Å². The molecule has 106 valence electrons. The zero-order valence-corrected chi connectivity index (χ0v) is 13.5. The van der Waals surface area contributed by atoms with Crippen molar-refractivity contribution in [3.05, 3.63) is 56.9 Å². The maximum absolute atomic E-state index is 14.1. The third-order valence-corrected chi connectivity index (χ3v) is 4.22. The Kier molecular flexibility index (Phi) is 3.86. The zero-order chi connectivity index (χ0) is 15.0. The van der Waals surface area contributed by atoms with E-state index in [-0.39, 0.29) is 11.7 Å². The largest absolute Gasteiger partial charge is 0.367 e. The normalized spacial score (nSPS) is 10.8. The summed E-state index contributed by atoms with van der Waals surface area (Å²) in [6.45, 7) is 0. The van der Waals surface area contributed by atoms with Crippen molar-refractivity contribution >= 4 is 40.1 Å². The molecule has 3 aromatic rings. The predicted octanol–water partition coefficient (Wildman–Crippen LogP) is 4.99. The second kappa shape index (κ2) is 5.65. The Bertz CT molecular complexity index is 819. The van der Waals surface area contributed by atoms with Crippen LogP contribution in [0.1, 0.15) is 0 Å². The fourth-order valence-electron chi connectivity index (χ4n) is 2.09. The van der Waals surface area contributed by atoms with Gasteiger partial charge in [-0.05, 0) is 46.9 Å². The Balaban J connectivity index is 2.27. The van der Waals surface area contributed by atoms with Crippen molar-refractivity contribution in [3.8, 4) is 22.4 Å². The highest BCUT2D eigenvalue weighted by molar-refractivity contribution is 14.1. The van der Waals surface area contributed by atoms with E-state index in [9.17, 15) is 4.39 Å². The van der Waals surface area contributed by atoms with Crippen LogP contribution in [0.15, 0.2) is 47.0 Å². The van der Waals surface area contributed by atoms with Crippen molar-refractivity contribution in [2.75, 3.05) is 5.73 Å². The van der Waals surface area contributed by atoms with Gasteiger partial charge < -0.3 is 10.3 Å². The minimum atomic E-state index is -0.384. The highest BCUT2D eigenvalue weighted by atomic mass is 127. The van der Waals surface area contributed by atoms with Gasteiger partial charge in [0.1, 0.15) is 11.5 Å². The molecule has 6 heteroatoms. The lowest BCUT2D eigenvalue weighted by Crippen LogP contribution is -1.92. The minimum Gasteiger partial charge on any atom is -0.367 e. The van der Waals surface area contributed by atoms with E-state index >= 15 is 0 Å². The number of nitrogens with zero attached hydrogens (tertiary/aromatic N) is 1. The number of anilines is 1. The van der Waals surface area contributed by atoms with Crippen molar-refractivity contribution in [2.45, 2.75) is 0 Å². The Morgan fingerprint density at radius 1 is 1.14 bits per heavy atom. The Labute approximate surface area is 139 Å². The summed E-state index contributed by atoms with van der Waals surface area (Å²) in [5.41, 5.74) is 7.85. The van der Waals surface area contributed by atoms with E-state index in [1.807, 2.05) is 6.07 Å². The molecule has 21 heavy (non-hydrogen) atoms. The molecule has 3 rings (SSSR count). The quantitative estimate of drug-likeness (QED) is 0.601. The highest BCUT2D eigenvalue weighted by Gasteiger charge is 2.21. The van der Waals surface area contributed by atoms with Crippen molar-refractivity contribution in [1.29, 1.82) is 0 Å². The average molecular weight is 415 g/mol. The third kappa shape index (κ3) is 2.63. The van der Waals surface area contributed by atoms with Gasteiger partial charge in [0.2, 0.25) is 5.88 Å². The van der Waals surface area contributed by atoms with Gasteiger partial charge in [0.15, 0.2) is 0 Å². The van der Waals surface area contributed by atoms with Crippen molar-refractivity contribution in [1.82, 2.24) is 5.16 Å². The Morgan fingerprint density at radius 2 is 1.90 bits per heavy atom. The molecular weight excluding hydrogens is 406 g/mol. The maximum atomic E-state index is 14.1. The molecular formula is C15H9ClFIN2O. The minimum absolute atomic E-state index is 0.0749. The molecule has 1 aromatic heterocycles. The van der Waals surface area contributed by atoms with Crippen molar-refractivity contribution in [3.63, 3.8) is 0 Å². The molecule has 0 spiro atoms. The summed E-state index contributed by atoms with van der Waals surface area (Å²) in [6, 6.07) is 11.7. The number of aromatic nitrogens is 1. The number of nitrogen functional groups attached to an aromatic ring is 1. The highest BCUT2D eigenvalue weighted by Crippen LogP contribution is 2.39. The molecule has 0 aliphatic rings.